The molecule has 1 aromatic heterocycles. The lowest BCUT2D eigenvalue weighted by molar-refractivity contribution is -0.899. The van der Waals surface area contributed by atoms with Crippen LogP contribution < -0.4 is 15.0 Å². The Hall–Kier alpha value is -1.82. The number of benzene rings is 1. The molecule has 122 valence electrons. The molecule has 0 saturated heterocycles. The van der Waals surface area contributed by atoms with Gasteiger partial charge >= 0.3 is 0 Å². The maximum absolute atomic E-state index is 12.3. The van der Waals surface area contributed by atoms with Gasteiger partial charge in [-0.05, 0) is 30.3 Å². The van der Waals surface area contributed by atoms with Crippen molar-refractivity contribution in [3.8, 4) is 5.75 Å². The highest BCUT2D eigenvalue weighted by molar-refractivity contribution is 7.16. The molecule has 0 bridgehead atoms. The van der Waals surface area contributed by atoms with Crippen LogP contribution in [0.25, 0.3) is 0 Å². The van der Waals surface area contributed by atoms with Crippen molar-refractivity contribution in [2.45, 2.75) is 6.54 Å². The van der Waals surface area contributed by atoms with E-state index in [2.05, 4.69) is 11.9 Å². The molecule has 1 atom stereocenters. The number of hydrogen-bond acceptors (Lipinski definition) is 3. The van der Waals surface area contributed by atoms with Gasteiger partial charge in [-0.2, -0.15) is 0 Å². The van der Waals surface area contributed by atoms with Crippen molar-refractivity contribution >= 4 is 34.5 Å². The van der Waals surface area contributed by atoms with Crippen molar-refractivity contribution in [3.05, 3.63) is 58.3 Å². The van der Waals surface area contributed by atoms with Crippen molar-refractivity contribution in [3.63, 3.8) is 0 Å². The van der Waals surface area contributed by atoms with Gasteiger partial charge in [0.25, 0.3) is 5.91 Å². The van der Waals surface area contributed by atoms with Gasteiger partial charge in [-0.15, -0.1) is 11.3 Å². The normalized spacial score (nSPS) is 11.7. The lowest BCUT2D eigenvalue weighted by Crippen LogP contribution is -3.11. The quantitative estimate of drug-likeness (QED) is 0.718. The van der Waals surface area contributed by atoms with Gasteiger partial charge in [0, 0.05) is 0 Å². The first-order valence-corrected chi connectivity index (χ1v) is 8.43. The number of ether oxygens (including phenoxy) is 1. The van der Waals surface area contributed by atoms with Crippen LogP contribution >= 0.6 is 22.9 Å². The number of carbonyl (C=O) groups excluding carboxylic acids is 1. The summed E-state index contributed by atoms with van der Waals surface area (Å²) in [6, 6.07) is 11.2. The zero-order valence-electron chi connectivity index (χ0n) is 13.0. The molecule has 0 aliphatic heterocycles. The molecule has 0 aliphatic carbocycles. The summed E-state index contributed by atoms with van der Waals surface area (Å²) < 4.78 is 6.01. The topological polar surface area (TPSA) is 42.8 Å². The number of quaternary nitrogens is 1. The molecule has 1 heterocycles. The smallest absolute Gasteiger partial charge is 0.279 e. The van der Waals surface area contributed by atoms with Crippen LogP contribution in [0, 0.1) is 0 Å². The highest BCUT2D eigenvalue weighted by Gasteiger charge is 2.16. The Morgan fingerprint density at radius 2 is 2.17 bits per heavy atom. The fourth-order valence-corrected chi connectivity index (χ4v) is 3.43. The Balaban J connectivity index is 1.98. The molecule has 0 saturated carbocycles. The Morgan fingerprint density at radius 3 is 2.83 bits per heavy atom. The average molecular weight is 352 g/mol. The molecule has 0 fully saturated rings. The number of para-hydroxylation sites is 2. The van der Waals surface area contributed by atoms with Crippen molar-refractivity contribution in [1.82, 2.24) is 0 Å². The summed E-state index contributed by atoms with van der Waals surface area (Å²) in [4.78, 5) is 14.6. The molecule has 1 unspecified atom stereocenters. The third-order valence-electron chi connectivity index (χ3n) is 3.28. The third kappa shape index (κ3) is 5.39. The number of amides is 1. The highest BCUT2D eigenvalue weighted by atomic mass is 35.5. The van der Waals surface area contributed by atoms with Crippen LogP contribution in [0.5, 0.6) is 5.75 Å². The van der Waals surface area contributed by atoms with E-state index in [1.807, 2.05) is 42.5 Å². The van der Waals surface area contributed by atoms with Gasteiger partial charge in [-0.1, -0.05) is 30.3 Å². The van der Waals surface area contributed by atoms with E-state index in [1.165, 1.54) is 11.3 Å². The zero-order chi connectivity index (χ0) is 16.7. The molecule has 0 spiro atoms. The number of anilines is 1. The van der Waals surface area contributed by atoms with E-state index in [4.69, 9.17) is 16.3 Å². The Labute approximate surface area is 145 Å². The molecular formula is C17H20ClN2O2S+. The van der Waals surface area contributed by atoms with Gasteiger partial charge < -0.3 is 15.0 Å². The zero-order valence-corrected chi connectivity index (χ0v) is 14.5. The van der Waals surface area contributed by atoms with Gasteiger partial charge in [0.2, 0.25) is 0 Å². The summed E-state index contributed by atoms with van der Waals surface area (Å²) in [5.74, 6) is 0.588. The second kappa shape index (κ2) is 8.72. The van der Waals surface area contributed by atoms with Crippen LogP contribution in [-0.2, 0) is 11.3 Å². The fourth-order valence-electron chi connectivity index (χ4n) is 2.27. The van der Waals surface area contributed by atoms with E-state index in [1.54, 1.807) is 7.11 Å². The lowest BCUT2D eigenvalue weighted by Gasteiger charge is -2.17. The lowest BCUT2D eigenvalue weighted by atomic mass is 10.3. The number of nitrogens with one attached hydrogen (secondary N) is 2. The average Bonchev–Trinajstić information content (AvgIpc) is 2.93. The van der Waals surface area contributed by atoms with Gasteiger partial charge in [-0.25, -0.2) is 0 Å². The van der Waals surface area contributed by atoms with Crippen LogP contribution in [0.4, 0.5) is 5.69 Å². The molecule has 0 radical (unpaired) electrons. The van der Waals surface area contributed by atoms with Crippen LogP contribution in [0.3, 0.4) is 0 Å². The van der Waals surface area contributed by atoms with Crippen molar-refractivity contribution in [2.24, 2.45) is 0 Å². The molecule has 4 nitrogen and oxygen atoms in total. The van der Waals surface area contributed by atoms with E-state index in [0.29, 0.717) is 24.5 Å². The highest BCUT2D eigenvalue weighted by Crippen LogP contribution is 2.22. The fraction of sp³-hybridized carbons (Fsp3) is 0.235. The van der Waals surface area contributed by atoms with Crippen molar-refractivity contribution in [2.75, 3.05) is 25.5 Å². The molecule has 2 rings (SSSR count). The first-order valence-electron chi connectivity index (χ1n) is 7.24. The molecule has 1 aromatic carbocycles. The van der Waals surface area contributed by atoms with Gasteiger partial charge in [0.15, 0.2) is 6.54 Å². The first kappa shape index (κ1) is 17.5. The molecule has 6 heteroatoms. The van der Waals surface area contributed by atoms with E-state index in [-0.39, 0.29) is 5.91 Å². The SMILES string of the molecule is C=CC[NH+](CC(=O)Nc1ccccc1OC)Cc1ccc(Cl)s1. The van der Waals surface area contributed by atoms with Crippen LogP contribution in [-0.4, -0.2) is 26.1 Å². The van der Waals surface area contributed by atoms with E-state index in [9.17, 15) is 4.79 Å². The summed E-state index contributed by atoms with van der Waals surface area (Å²) in [5.41, 5.74) is 0.678. The number of thiophene rings is 1. The van der Waals surface area contributed by atoms with E-state index < -0.39 is 0 Å². The molecular weight excluding hydrogens is 332 g/mol. The summed E-state index contributed by atoms with van der Waals surface area (Å²) >= 11 is 7.50. The summed E-state index contributed by atoms with van der Waals surface area (Å²) in [6.45, 7) is 5.56. The second-order valence-electron chi connectivity index (χ2n) is 5.05. The Morgan fingerprint density at radius 1 is 1.39 bits per heavy atom. The maximum atomic E-state index is 12.3. The number of rotatable bonds is 8. The van der Waals surface area contributed by atoms with Gasteiger partial charge in [0.1, 0.15) is 12.3 Å². The van der Waals surface area contributed by atoms with Crippen molar-refractivity contribution < 1.29 is 14.4 Å². The van der Waals surface area contributed by atoms with Gasteiger partial charge in [-0.3, -0.25) is 4.79 Å². The Kier molecular flexibility index (Phi) is 6.65. The van der Waals surface area contributed by atoms with Crippen LogP contribution in [0.15, 0.2) is 49.1 Å². The van der Waals surface area contributed by atoms with E-state index >= 15 is 0 Å². The van der Waals surface area contributed by atoms with Crippen LogP contribution in [0.2, 0.25) is 4.34 Å². The summed E-state index contributed by atoms with van der Waals surface area (Å²) in [5, 5.41) is 2.90. The molecule has 1 amide bonds. The second-order valence-corrected chi connectivity index (χ2v) is 6.85. The maximum Gasteiger partial charge on any atom is 0.279 e. The summed E-state index contributed by atoms with van der Waals surface area (Å²) in [6.07, 6.45) is 1.82. The molecule has 2 aromatic rings. The predicted molar refractivity (Wildman–Crippen MR) is 95.6 cm³/mol. The number of hydrogen-bond donors (Lipinski definition) is 2. The molecule has 23 heavy (non-hydrogen) atoms. The Bertz CT molecular complexity index is 672. The molecule has 0 aliphatic rings. The number of methoxy groups -OCH3 is 1. The minimum Gasteiger partial charge on any atom is -0.495 e. The largest absolute Gasteiger partial charge is 0.495 e. The molecule has 2 N–H and O–H groups in total. The standard InChI is InChI=1S/C17H19ClN2O2S/c1-3-10-20(11-13-8-9-16(18)23-13)12-17(21)19-14-6-4-5-7-15(14)22-2/h3-9H,1,10-12H2,2H3,(H,19,21)/p+1. The van der Waals surface area contributed by atoms with Crippen LogP contribution in [0.1, 0.15) is 4.88 Å². The third-order valence-corrected chi connectivity index (χ3v) is 4.51. The monoisotopic (exact) mass is 351 g/mol. The predicted octanol–water partition coefficient (Wildman–Crippen LogP) is 2.62. The van der Waals surface area contributed by atoms with E-state index in [0.717, 1.165) is 20.7 Å². The number of carbonyl (C=O) groups is 1. The summed E-state index contributed by atoms with van der Waals surface area (Å²) in [7, 11) is 1.58. The number of halogens is 1. The minimum absolute atomic E-state index is 0.0611. The first-order chi connectivity index (χ1) is 11.1. The minimum atomic E-state index is -0.0611. The van der Waals surface area contributed by atoms with Crippen molar-refractivity contribution in [1.29, 1.82) is 0 Å². The van der Waals surface area contributed by atoms with Gasteiger partial charge in [0.05, 0.1) is 28.6 Å².